The summed E-state index contributed by atoms with van der Waals surface area (Å²) in [5, 5.41) is 4.50. The van der Waals surface area contributed by atoms with Crippen LogP contribution in [0.2, 0.25) is 0 Å². The fourth-order valence-electron chi connectivity index (χ4n) is 2.25. The standard InChI is InChI=1S/C14H24N2O/c1-13(2,3)12-9-15-16(10-12)11-14(4)5-7-17-8-6-14/h9-10H,5-8,11H2,1-4H3. The van der Waals surface area contributed by atoms with Crippen molar-refractivity contribution in [1.29, 1.82) is 0 Å². The van der Waals surface area contributed by atoms with Crippen LogP contribution in [0.5, 0.6) is 0 Å². The van der Waals surface area contributed by atoms with E-state index in [4.69, 9.17) is 4.74 Å². The van der Waals surface area contributed by atoms with E-state index in [1.165, 1.54) is 5.56 Å². The number of ether oxygens (including phenoxy) is 1. The van der Waals surface area contributed by atoms with Gasteiger partial charge in [0.05, 0.1) is 6.20 Å². The third-order valence-corrected chi connectivity index (χ3v) is 3.74. The molecule has 0 saturated carbocycles. The highest BCUT2D eigenvalue weighted by Crippen LogP contribution is 2.32. The second-order valence-corrected chi connectivity index (χ2v) is 6.60. The van der Waals surface area contributed by atoms with Crippen molar-refractivity contribution in [2.24, 2.45) is 5.41 Å². The molecule has 2 rings (SSSR count). The number of hydrogen-bond donors (Lipinski definition) is 0. The first-order valence-corrected chi connectivity index (χ1v) is 6.50. The Morgan fingerprint density at radius 2 is 2.00 bits per heavy atom. The van der Waals surface area contributed by atoms with Crippen LogP contribution >= 0.6 is 0 Å². The van der Waals surface area contributed by atoms with E-state index in [-0.39, 0.29) is 5.41 Å². The molecule has 1 fully saturated rings. The lowest BCUT2D eigenvalue weighted by atomic mass is 9.82. The molecule has 1 aromatic rings. The van der Waals surface area contributed by atoms with Gasteiger partial charge in [-0.3, -0.25) is 4.68 Å². The molecule has 0 N–H and O–H groups in total. The monoisotopic (exact) mass is 236 g/mol. The zero-order valence-electron chi connectivity index (χ0n) is 11.5. The molecule has 0 aromatic carbocycles. The first kappa shape index (κ1) is 12.6. The van der Waals surface area contributed by atoms with Crippen molar-refractivity contribution in [3.05, 3.63) is 18.0 Å². The minimum atomic E-state index is 0.189. The van der Waals surface area contributed by atoms with Gasteiger partial charge in [-0.05, 0) is 29.2 Å². The summed E-state index contributed by atoms with van der Waals surface area (Å²) in [6.07, 6.45) is 6.47. The molecule has 1 aliphatic rings. The predicted molar refractivity (Wildman–Crippen MR) is 69.1 cm³/mol. The highest BCUT2D eigenvalue weighted by molar-refractivity contribution is 5.15. The van der Waals surface area contributed by atoms with Crippen LogP contribution in [0.4, 0.5) is 0 Å². The van der Waals surface area contributed by atoms with Crippen LogP contribution in [0.3, 0.4) is 0 Å². The average Bonchev–Trinajstić information content (AvgIpc) is 2.66. The van der Waals surface area contributed by atoms with Crippen molar-refractivity contribution in [2.75, 3.05) is 13.2 Å². The summed E-state index contributed by atoms with van der Waals surface area (Å²) in [5.41, 5.74) is 1.85. The summed E-state index contributed by atoms with van der Waals surface area (Å²) in [7, 11) is 0. The van der Waals surface area contributed by atoms with Crippen LogP contribution in [-0.4, -0.2) is 23.0 Å². The molecule has 1 aliphatic heterocycles. The summed E-state index contributed by atoms with van der Waals surface area (Å²) in [5.74, 6) is 0. The lowest BCUT2D eigenvalue weighted by Gasteiger charge is -2.33. The Labute approximate surface area is 104 Å². The van der Waals surface area contributed by atoms with Crippen LogP contribution in [0.15, 0.2) is 12.4 Å². The quantitative estimate of drug-likeness (QED) is 0.789. The predicted octanol–water partition coefficient (Wildman–Crippen LogP) is 3.00. The van der Waals surface area contributed by atoms with Crippen molar-refractivity contribution >= 4 is 0 Å². The average molecular weight is 236 g/mol. The Morgan fingerprint density at radius 3 is 2.53 bits per heavy atom. The van der Waals surface area contributed by atoms with E-state index in [0.717, 1.165) is 32.6 Å². The van der Waals surface area contributed by atoms with Gasteiger partial charge in [0.25, 0.3) is 0 Å². The molecule has 17 heavy (non-hydrogen) atoms. The molecular weight excluding hydrogens is 212 g/mol. The third kappa shape index (κ3) is 3.09. The maximum Gasteiger partial charge on any atom is 0.0527 e. The molecule has 1 aromatic heterocycles. The highest BCUT2D eigenvalue weighted by atomic mass is 16.5. The van der Waals surface area contributed by atoms with Crippen LogP contribution in [0.1, 0.15) is 46.1 Å². The topological polar surface area (TPSA) is 27.1 Å². The number of rotatable bonds is 2. The maximum atomic E-state index is 5.43. The molecule has 96 valence electrons. The van der Waals surface area contributed by atoms with E-state index in [2.05, 4.69) is 43.7 Å². The normalized spacial score (nSPS) is 20.5. The lowest BCUT2D eigenvalue weighted by molar-refractivity contribution is 0.0138. The second kappa shape index (κ2) is 4.45. The summed E-state index contributed by atoms with van der Waals surface area (Å²) < 4.78 is 7.54. The van der Waals surface area contributed by atoms with E-state index in [1.807, 2.05) is 6.20 Å². The van der Waals surface area contributed by atoms with Gasteiger partial charge >= 0.3 is 0 Å². The van der Waals surface area contributed by atoms with E-state index in [0.29, 0.717) is 5.41 Å². The fraction of sp³-hybridized carbons (Fsp3) is 0.786. The summed E-state index contributed by atoms with van der Waals surface area (Å²) in [6, 6.07) is 0. The van der Waals surface area contributed by atoms with Gasteiger partial charge in [-0.15, -0.1) is 0 Å². The molecule has 0 aliphatic carbocycles. The molecule has 2 heterocycles. The number of hydrogen-bond acceptors (Lipinski definition) is 2. The molecule has 3 nitrogen and oxygen atoms in total. The van der Waals surface area contributed by atoms with Gasteiger partial charge in [-0.2, -0.15) is 5.10 Å². The van der Waals surface area contributed by atoms with Gasteiger partial charge in [-0.25, -0.2) is 0 Å². The van der Waals surface area contributed by atoms with Crippen LogP contribution < -0.4 is 0 Å². The molecule has 1 saturated heterocycles. The Kier molecular flexibility index (Phi) is 3.30. The van der Waals surface area contributed by atoms with Crippen LogP contribution in [0, 0.1) is 5.41 Å². The van der Waals surface area contributed by atoms with Crippen molar-refractivity contribution in [3.63, 3.8) is 0 Å². The summed E-state index contributed by atoms with van der Waals surface area (Å²) in [4.78, 5) is 0. The smallest absolute Gasteiger partial charge is 0.0527 e. The van der Waals surface area contributed by atoms with Gasteiger partial charge in [0.1, 0.15) is 0 Å². The first-order valence-electron chi connectivity index (χ1n) is 6.50. The molecule has 0 bridgehead atoms. The van der Waals surface area contributed by atoms with Gasteiger partial charge in [0, 0.05) is 26.0 Å². The number of aromatic nitrogens is 2. The largest absolute Gasteiger partial charge is 0.381 e. The molecule has 3 heteroatoms. The Balaban J connectivity index is 2.06. The lowest BCUT2D eigenvalue weighted by Crippen LogP contribution is -2.31. The Hall–Kier alpha value is -0.830. The summed E-state index contributed by atoms with van der Waals surface area (Å²) in [6.45, 7) is 11.8. The van der Waals surface area contributed by atoms with E-state index < -0.39 is 0 Å². The fourth-order valence-corrected chi connectivity index (χ4v) is 2.25. The SMILES string of the molecule is CC1(Cn2cc(C(C)(C)C)cn2)CCOCC1. The maximum absolute atomic E-state index is 5.43. The van der Waals surface area contributed by atoms with E-state index in [9.17, 15) is 0 Å². The summed E-state index contributed by atoms with van der Waals surface area (Å²) >= 11 is 0. The molecular formula is C14H24N2O. The van der Waals surface area contributed by atoms with E-state index in [1.54, 1.807) is 0 Å². The molecule has 0 unspecified atom stereocenters. The highest BCUT2D eigenvalue weighted by Gasteiger charge is 2.28. The first-order chi connectivity index (χ1) is 7.89. The zero-order chi connectivity index (χ0) is 12.5. The van der Waals surface area contributed by atoms with E-state index >= 15 is 0 Å². The minimum absolute atomic E-state index is 0.189. The molecule has 0 spiro atoms. The van der Waals surface area contributed by atoms with Crippen molar-refractivity contribution in [2.45, 2.75) is 52.5 Å². The van der Waals surface area contributed by atoms with Gasteiger partial charge in [-0.1, -0.05) is 27.7 Å². The Morgan fingerprint density at radius 1 is 1.35 bits per heavy atom. The second-order valence-electron chi connectivity index (χ2n) is 6.60. The van der Waals surface area contributed by atoms with Crippen molar-refractivity contribution < 1.29 is 4.74 Å². The van der Waals surface area contributed by atoms with Crippen molar-refractivity contribution in [1.82, 2.24) is 9.78 Å². The van der Waals surface area contributed by atoms with Crippen LogP contribution in [0.25, 0.3) is 0 Å². The van der Waals surface area contributed by atoms with Gasteiger partial charge in [0.15, 0.2) is 0 Å². The van der Waals surface area contributed by atoms with Crippen LogP contribution in [-0.2, 0) is 16.7 Å². The van der Waals surface area contributed by atoms with Crippen molar-refractivity contribution in [3.8, 4) is 0 Å². The van der Waals surface area contributed by atoms with Gasteiger partial charge < -0.3 is 4.74 Å². The third-order valence-electron chi connectivity index (χ3n) is 3.74. The van der Waals surface area contributed by atoms with Gasteiger partial charge in [0.2, 0.25) is 0 Å². The Bertz CT molecular complexity index is 370. The zero-order valence-corrected chi connectivity index (χ0v) is 11.5. The molecule has 0 atom stereocenters. The molecule has 0 amide bonds. The molecule has 0 radical (unpaired) electrons. The number of nitrogens with zero attached hydrogens (tertiary/aromatic N) is 2. The minimum Gasteiger partial charge on any atom is -0.381 e.